The summed E-state index contributed by atoms with van der Waals surface area (Å²) in [5, 5.41) is 8.96. The van der Waals surface area contributed by atoms with Crippen LogP contribution in [-0.4, -0.2) is 37.8 Å². The van der Waals surface area contributed by atoms with Crippen LogP contribution in [0.2, 0.25) is 0 Å². The van der Waals surface area contributed by atoms with Crippen LogP contribution in [0.5, 0.6) is 0 Å². The molecule has 0 aromatic carbocycles. The molecule has 1 amide bonds. The molecule has 0 aliphatic carbocycles. The normalized spacial score (nSPS) is 18.9. The number of carboxylic acid groups (broad SMARTS) is 1. The zero-order chi connectivity index (χ0) is 14.3. The Morgan fingerprint density at radius 1 is 1.45 bits per heavy atom. The van der Waals surface area contributed by atoms with Crippen molar-refractivity contribution >= 4 is 17.5 Å². The first-order valence-corrected chi connectivity index (χ1v) is 6.48. The molecule has 0 radical (unpaired) electrons. The number of fused-ring (bicyclic) bond motifs is 1. The fourth-order valence-corrected chi connectivity index (χ4v) is 2.52. The summed E-state index contributed by atoms with van der Waals surface area (Å²) in [4.78, 5) is 28.7. The number of hydrogen-bond acceptors (Lipinski definition) is 3. The van der Waals surface area contributed by atoms with E-state index < -0.39 is 11.9 Å². The Bertz CT molecular complexity index is 692. The Labute approximate surface area is 115 Å². The number of pyridine rings is 1. The van der Waals surface area contributed by atoms with Gasteiger partial charge in [-0.3, -0.25) is 9.59 Å². The predicted octanol–water partition coefficient (Wildman–Crippen LogP) is 1.08. The number of aliphatic carboxylic acids is 1. The van der Waals surface area contributed by atoms with Crippen LogP contribution in [-0.2, 0) is 16.1 Å². The van der Waals surface area contributed by atoms with Gasteiger partial charge >= 0.3 is 5.97 Å². The van der Waals surface area contributed by atoms with Crippen molar-refractivity contribution in [2.24, 2.45) is 5.92 Å². The molecule has 2 aromatic heterocycles. The predicted molar refractivity (Wildman–Crippen MR) is 71.1 cm³/mol. The fraction of sp³-hybridized carbons (Fsp3) is 0.357. The molecule has 1 N–H and O–H groups in total. The van der Waals surface area contributed by atoms with Crippen molar-refractivity contribution in [2.75, 3.05) is 6.54 Å². The van der Waals surface area contributed by atoms with Gasteiger partial charge in [-0.25, -0.2) is 4.98 Å². The van der Waals surface area contributed by atoms with Crippen LogP contribution in [0.3, 0.4) is 0 Å². The van der Waals surface area contributed by atoms with Crippen molar-refractivity contribution in [3.63, 3.8) is 0 Å². The highest BCUT2D eigenvalue weighted by Crippen LogP contribution is 2.20. The van der Waals surface area contributed by atoms with Crippen molar-refractivity contribution in [3.8, 4) is 0 Å². The summed E-state index contributed by atoms with van der Waals surface area (Å²) in [6.45, 7) is 2.63. The number of likely N-dealkylation sites (tertiary alicyclic amines) is 1. The van der Waals surface area contributed by atoms with Crippen molar-refractivity contribution < 1.29 is 14.7 Å². The molecule has 1 aliphatic rings. The number of carboxylic acids is 1. The summed E-state index contributed by atoms with van der Waals surface area (Å²) in [6.07, 6.45) is 3.93. The van der Waals surface area contributed by atoms with E-state index in [9.17, 15) is 9.59 Å². The van der Waals surface area contributed by atoms with E-state index in [0.717, 1.165) is 16.9 Å². The molecule has 6 nitrogen and oxygen atoms in total. The molecule has 0 saturated carbocycles. The molecular formula is C14H15N3O3. The minimum absolute atomic E-state index is 0.0851. The van der Waals surface area contributed by atoms with Gasteiger partial charge in [0.2, 0.25) is 5.91 Å². The van der Waals surface area contributed by atoms with E-state index in [2.05, 4.69) is 4.98 Å². The summed E-state index contributed by atoms with van der Waals surface area (Å²) < 4.78 is 1.92. The van der Waals surface area contributed by atoms with Crippen LogP contribution >= 0.6 is 0 Å². The summed E-state index contributed by atoms with van der Waals surface area (Å²) in [7, 11) is 0. The van der Waals surface area contributed by atoms with Crippen molar-refractivity contribution in [1.29, 1.82) is 0 Å². The molecule has 0 bridgehead atoms. The maximum absolute atomic E-state index is 11.8. The smallest absolute Gasteiger partial charge is 0.308 e. The maximum Gasteiger partial charge on any atom is 0.308 e. The summed E-state index contributed by atoms with van der Waals surface area (Å²) in [5.41, 5.74) is 2.73. The highest BCUT2D eigenvalue weighted by Gasteiger charge is 2.34. The quantitative estimate of drug-likeness (QED) is 0.908. The largest absolute Gasteiger partial charge is 0.481 e. The Balaban J connectivity index is 1.79. The molecule has 1 saturated heterocycles. The van der Waals surface area contributed by atoms with E-state index >= 15 is 0 Å². The molecule has 1 atom stereocenters. The molecule has 0 spiro atoms. The Kier molecular flexibility index (Phi) is 2.93. The first kappa shape index (κ1) is 12.7. The molecule has 20 heavy (non-hydrogen) atoms. The Morgan fingerprint density at radius 2 is 2.25 bits per heavy atom. The van der Waals surface area contributed by atoms with Gasteiger partial charge in [0, 0.05) is 25.4 Å². The maximum atomic E-state index is 11.8. The Hall–Kier alpha value is -2.37. The number of carbonyl (C=O) groups is 2. The lowest BCUT2D eigenvalue weighted by atomic mass is 10.1. The zero-order valence-corrected chi connectivity index (χ0v) is 11.1. The number of aromatic nitrogens is 2. The lowest BCUT2D eigenvalue weighted by molar-refractivity contribution is -0.141. The van der Waals surface area contributed by atoms with Crippen LogP contribution in [0.1, 0.15) is 17.7 Å². The van der Waals surface area contributed by atoms with E-state index in [1.54, 1.807) is 4.90 Å². The van der Waals surface area contributed by atoms with Crippen LogP contribution < -0.4 is 0 Å². The summed E-state index contributed by atoms with van der Waals surface area (Å²) >= 11 is 0. The highest BCUT2D eigenvalue weighted by atomic mass is 16.4. The monoisotopic (exact) mass is 273 g/mol. The molecular weight excluding hydrogens is 258 g/mol. The van der Waals surface area contributed by atoms with Gasteiger partial charge in [0.1, 0.15) is 5.65 Å². The number of aryl methyl sites for hydroxylation is 1. The van der Waals surface area contributed by atoms with E-state index in [4.69, 9.17) is 5.11 Å². The second-order valence-corrected chi connectivity index (χ2v) is 5.22. The molecule has 1 unspecified atom stereocenters. The first-order chi connectivity index (χ1) is 9.52. The van der Waals surface area contributed by atoms with Gasteiger partial charge < -0.3 is 14.4 Å². The minimum Gasteiger partial charge on any atom is -0.481 e. The highest BCUT2D eigenvalue weighted by molar-refractivity contribution is 5.86. The average Bonchev–Trinajstić information content (AvgIpc) is 2.93. The molecule has 1 fully saturated rings. The van der Waals surface area contributed by atoms with Crippen molar-refractivity contribution in [1.82, 2.24) is 14.3 Å². The van der Waals surface area contributed by atoms with Crippen molar-refractivity contribution in [2.45, 2.75) is 19.9 Å². The van der Waals surface area contributed by atoms with Gasteiger partial charge in [-0.1, -0.05) is 6.07 Å². The molecule has 104 valence electrons. The topological polar surface area (TPSA) is 74.9 Å². The third-order valence-corrected chi connectivity index (χ3v) is 3.57. The number of imidazole rings is 1. The molecule has 1 aliphatic heterocycles. The van der Waals surface area contributed by atoms with Gasteiger partial charge in [-0.05, 0) is 18.6 Å². The van der Waals surface area contributed by atoms with Gasteiger partial charge in [0.05, 0.1) is 18.2 Å². The van der Waals surface area contributed by atoms with Gasteiger partial charge in [0.15, 0.2) is 0 Å². The van der Waals surface area contributed by atoms with Crippen LogP contribution in [0.15, 0.2) is 24.5 Å². The molecule has 3 heterocycles. The lowest BCUT2D eigenvalue weighted by Gasteiger charge is -2.13. The first-order valence-electron chi connectivity index (χ1n) is 6.48. The van der Waals surface area contributed by atoms with Crippen LogP contribution in [0.25, 0.3) is 5.65 Å². The lowest BCUT2D eigenvalue weighted by Crippen LogP contribution is -2.25. The van der Waals surface area contributed by atoms with Crippen LogP contribution in [0, 0.1) is 12.8 Å². The van der Waals surface area contributed by atoms with E-state index in [-0.39, 0.29) is 18.9 Å². The van der Waals surface area contributed by atoms with Gasteiger partial charge in [-0.15, -0.1) is 0 Å². The molecule has 6 heteroatoms. The third kappa shape index (κ3) is 2.24. The van der Waals surface area contributed by atoms with E-state index in [1.165, 1.54) is 0 Å². The van der Waals surface area contributed by atoms with Gasteiger partial charge in [-0.2, -0.15) is 0 Å². The van der Waals surface area contributed by atoms with Crippen LogP contribution in [0.4, 0.5) is 0 Å². The standard InChI is InChI=1S/C14H15N3O3/c1-9-2-3-12-15-11(7-16(12)5-9)8-17-6-10(14(19)20)4-13(17)18/h2-3,5,7,10H,4,6,8H2,1H3,(H,19,20). The van der Waals surface area contributed by atoms with E-state index in [1.807, 2.05) is 35.9 Å². The summed E-state index contributed by atoms with van der Waals surface area (Å²) in [5.74, 6) is -1.63. The fourth-order valence-electron chi connectivity index (χ4n) is 2.52. The summed E-state index contributed by atoms with van der Waals surface area (Å²) in [6, 6.07) is 3.90. The van der Waals surface area contributed by atoms with Gasteiger partial charge in [0.25, 0.3) is 0 Å². The number of rotatable bonds is 3. The second kappa shape index (κ2) is 4.63. The van der Waals surface area contributed by atoms with E-state index in [0.29, 0.717) is 6.54 Å². The third-order valence-electron chi connectivity index (χ3n) is 3.57. The second-order valence-electron chi connectivity index (χ2n) is 5.22. The molecule has 3 rings (SSSR count). The zero-order valence-electron chi connectivity index (χ0n) is 11.1. The van der Waals surface area contributed by atoms with Crippen molar-refractivity contribution in [3.05, 3.63) is 35.8 Å². The molecule has 2 aromatic rings. The average molecular weight is 273 g/mol. The number of carbonyl (C=O) groups excluding carboxylic acids is 1. The number of amides is 1. The number of hydrogen-bond donors (Lipinski definition) is 1. The minimum atomic E-state index is -0.911. The number of nitrogens with zero attached hydrogens (tertiary/aromatic N) is 3. The Morgan fingerprint density at radius 3 is 2.95 bits per heavy atom. The SMILES string of the molecule is Cc1ccc2nc(CN3CC(C(=O)O)CC3=O)cn2c1.